The predicted molar refractivity (Wildman–Crippen MR) is 124 cm³/mol. The van der Waals surface area contributed by atoms with Gasteiger partial charge in [-0.3, -0.25) is 9.59 Å². The van der Waals surface area contributed by atoms with Crippen molar-refractivity contribution in [3.05, 3.63) is 41.5 Å². The van der Waals surface area contributed by atoms with Crippen LogP contribution in [0.2, 0.25) is 0 Å². The van der Waals surface area contributed by atoms with Gasteiger partial charge in [0.2, 0.25) is 0 Å². The van der Waals surface area contributed by atoms with Gasteiger partial charge >= 0.3 is 0 Å². The van der Waals surface area contributed by atoms with Crippen LogP contribution in [0.5, 0.6) is 0 Å². The molecule has 0 radical (unpaired) electrons. The second kappa shape index (κ2) is 13.8. The van der Waals surface area contributed by atoms with E-state index in [1.165, 1.54) is 29.3 Å². The van der Waals surface area contributed by atoms with Crippen LogP contribution in [0, 0.1) is 18.2 Å². The third-order valence-corrected chi connectivity index (χ3v) is 4.41. The number of aliphatic hydroxyl groups is 1. The fraction of sp³-hybridized carbons (Fsp3) is 0.391. The van der Waals surface area contributed by atoms with E-state index in [1.807, 2.05) is 13.8 Å². The lowest BCUT2D eigenvalue weighted by atomic mass is 10.1. The molecule has 2 aromatic rings. The second-order valence-corrected chi connectivity index (χ2v) is 6.64. The van der Waals surface area contributed by atoms with Crippen LogP contribution in [0.4, 0.5) is 10.2 Å². The number of halogens is 1. The third kappa shape index (κ3) is 7.82. The summed E-state index contributed by atoms with van der Waals surface area (Å²) in [7, 11) is 3.24. The van der Waals surface area contributed by atoms with Crippen LogP contribution < -0.4 is 11.1 Å². The van der Waals surface area contributed by atoms with Gasteiger partial charge in [-0.25, -0.2) is 14.4 Å². The Balaban J connectivity index is 0.000000454. The van der Waals surface area contributed by atoms with Gasteiger partial charge in [-0.2, -0.15) is 0 Å². The van der Waals surface area contributed by atoms with Crippen LogP contribution in [-0.4, -0.2) is 71.7 Å². The number of likely N-dealkylation sites (N-methyl/N-ethyl adjacent to an activating group) is 1. The molecule has 1 aliphatic heterocycles. The van der Waals surface area contributed by atoms with Gasteiger partial charge in [0, 0.05) is 38.4 Å². The quantitative estimate of drug-likeness (QED) is 0.442. The molecule has 0 aliphatic carbocycles. The third-order valence-electron chi connectivity index (χ3n) is 4.41. The van der Waals surface area contributed by atoms with E-state index in [2.05, 4.69) is 21.2 Å². The van der Waals surface area contributed by atoms with Gasteiger partial charge in [0.25, 0.3) is 11.8 Å². The number of nitrogens with zero attached hydrogens (tertiary/aromatic N) is 3. The monoisotopic (exact) mass is 459 g/mol. The van der Waals surface area contributed by atoms with Crippen molar-refractivity contribution in [2.75, 3.05) is 39.2 Å². The Morgan fingerprint density at radius 2 is 2.15 bits per heavy atom. The number of rotatable bonds is 6. The lowest BCUT2D eigenvalue weighted by Crippen LogP contribution is -2.24. The number of carbonyl (C=O) groups is 2. The van der Waals surface area contributed by atoms with Crippen molar-refractivity contribution in [1.29, 1.82) is 0 Å². The van der Waals surface area contributed by atoms with E-state index in [0.29, 0.717) is 31.7 Å². The van der Waals surface area contributed by atoms with Crippen molar-refractivity contribution in [3.8, 4) is 23.6 Å². The van der Waals surface area contributed by atoms with Gasteiger partial charge in [0.05, 0.1) is 18.5 Å². The summed E-state index contributed by atoms with van der Waals surface area (Å²) in [4.78, 5) is 31.9. The molecule has 178 valence electrons. The number of benzene rings is 1. The number of primary amides is 1. The Morgan fingerprint density at radius 3 is 2.64 bits per heavy atom. The van der Waals surface area contributed by atoms with Crippen LogP contribution in [0.1, 0.15) is 36.3 Å². The Hall–Kier alpha value is -3.55. The molecule has 33 heavy (non-hydrogen) atoms. The number of likely N-dealkylation sites (tertiary alicyclic amines) is 1. The summed E-state index contributed by atoms with van der Waals surface area (Å²) in [6.07, 6.45) is 6.53. The number of anilines is 1. The molecule has 1 fully saturated rings. The summed E-state index contributed by atoms with van der Waals surface area (Å²) < 4.78 is 18.9. The highest BCUT2D eigenvalue weighted by Gasteiger charge is 2.26. The van der Waals surface area contributed by atoms with E-state index < -0.39 is 17.8 Å². The minimum atomic E-state index is -0.771. The standard InChI is InChI=1S/C16H15FN4O2.C5H9NO2.C2H6/c1-3-10-4-5-12(17)11(8-10)13-9-20-16(19-6-7-23-2)14(21-13)15(18)22;1-6-3-2-4(7)5(6)8;1-2/h1,4-5,8-9H,6-7H2,2H3,(H2,18,22)(H,19,20);4,7H,2-3H2,1H3;1-2H3. The number of methoxy groups -OCH3 is 1. The van der Waals surface area contributed by atoms with Crippen molar-refractivity contribution >= 4 is 17.6 Å². The maximum atomic E-state index is 14.0. The van der Waals surface area contributed by atoms with Crippen LogP contribution in [0.15, 0.2) is 24.4 Å². The van der Waals surface area contributed by atoms with Crippen molar-refractivity contribution in [3.63, 3.8) is 0 Å². The number of nitrogens with one attached hydrogen (secondary N) is 1. The first-order chi connectivity index (χ1) is 15.8. The van der Waals surface area contributed by atoms with Crippen LogP contribution >= 0.6 is 0 Å². The maximum Gasteiger partial charge on any atom is 0.271 e. The Kier molecular flexibility index (Phi) is 11.5. The minimum Gasteiger partial charge on any atom is -0.383 e. The van der Waals surface area contributed by atoms with Gasteiger partial charge in [0.1, 0.15) is 11.9 Å². The first-order valence-electron chi connectivity index (χ1n) is 10.4. The van der Waals surface area contributed by atoms with E-state index in [4.69, 9.17) is 22.0 Å². The van der Waals surface area contributed by atoms with E-state index in [1.54, 1.807) is 14.2 Å². The highest BCUT2D eigenvalue weighted by atomic mass is 19.1. The Labute approximate surface area is 193 Å². The number of amides is 2. The molecule has 4 N–H and O–H groups in total. The smallest absolute Gasteiger partial charge is 0.271 e. The van der Waals surface area contributed by atoms with E-state index in [-0.39, 0.29) is 28.7 Å². The molecule has 9 nitrogen and oxygen atoms in total. The summed E-state index contributed by atoms with van der Waals surface area (Å²) in [5, 5.41) is 11.7. The summed E-state index contributed by atoms with van der Waals surface area (Å²) in [5.41, 5.74) is 6.06. The predicted octanol–water partition coefficient (Wildman–Crippen LogP) is 1.66. The average Bonchev–Trinajstić information content (AvgIpc) is 3.12. The largest absolute Gasteiger partial charge is 0.383 e. The number of hydrogen-bond acceptors (Lipinski definition) is 7. The van der Waals surface area contributed by atoms with Crippen LogP contribution in [-0.2, 0) is 9.53 Å². The highest BCUT2D eigenvalue weighted by Crippen LogP contribution is 2.23. The molecule has 1 unspecified atom stereocenters. The lowest BCUT2D eigenvalue weighted by Gasteiger charge is -2.10. The molecule has 1 aromatic heterocycles. The fourth-order valence-corrected chi connectivity index (χ4v) is 2.71. The molecule has 1 atom stereocenters. The van der Waals surface area contributed by atoms with Crippen molar-refractivity contribution in [1.82, 2.24) is 14.9 Å². The molecule has 0 spiro atoms. The first kappa shape index (κ1) is 27.5. The van der Waals surface area contributed by atoms with Crippen LogP contribution in [0.25, 0.3) is 11.3 Å². The molecule has 2 amide bonds. The molecule has 1 saturated heterocycles. The van der Waals surface area contributed by atoms with E-state index in [0.717, 1.165) is 0 Å². The number of nitrogens with two attached hydrogens (primary N) is 1. The minimum absolute atomic E-state index is 0.0795. The van der Waals surface area contributed by atoms with Crippen molar-refractivity contribution in [2.45, 2.75) is 26.4 Å². The highest BCUT2D eigenvalue weighted by molar-refractivity contribution is 5.96. The zero-order chi connectivity index (χ0) is 25.0. The van der Waals surface area contributed by atoms with Crippen molar-refractivity contribution < 1.29 is 23.8 Å². The molecule has 0 saturated carbocycles. The first-order valence-corrected chi connectivity index (χ1v) is 10.4. The summed E-state index contributed by atoms with van der Waals surface area (Å²) in [6, 6.07) is 4.17. The molecular formula is C23H30FN5O4. The van der Waals surface area contributed by atoms with Crippen LogP contribution in [0.3, 0.4) is 0 Å². The van der Waals surface area contributed by atoms with Gasteiger partial charge in [0.15, 0.2) is 11.5 Å². The van der Waals surface area contributed by atoms with E-state index in [9.17, 15) is 14.0 Å². The molecule has 1 aromatic carbocycles. The number of aliphatic hydroxyl groups excluding tert-OH is 1. The lowest BCUT2D eigenvalue weighted by molar-refractivity contribution is -0.133. The number of hydrogen-bond donors (Lipinski definition) is 3. The molecule has 10 heteroatoms. The molecule has 2 heterocycles. The van der Waals surface area contributed by atoms with Gasteiger partial charge in [-0.1, -0.05) is 19.8 Å². The SMILES string of the molecule is C#Cc1ccc(F)c(-c2cnc(NCCOC)c(C(N)=O)n2)c1.CC.CN1CCC(O)C1=O. The normalized spacial score (nSPS) is 14.4. The number of carbonyl (C=O) groups excluding carboxylic acids is 2. The number of ether oxygens (including phenoxy) is 1. The zero-order valence-corrected chi connectivity index (χ0v) is 19.3. The summed E-state index contributed by atoms with van der Waals surface area (Å²) in [5.74, 6) is 1.19. The molecule has 3 rings (SSSR count). The van der Waals surface area contributed by atoms with Crippen molar-refractivity contribution in [2.24, 2.45) is 5.73 Å². The maximum absolute atomic E-state index is 14.0. The summed E-state index contributed by atoms with van der Waals surface area (Å²) >= 11 is 0. The number of aromatic nitrogens is 2. The molecular weight excluding hydrogens is 429 g/mol. The summed E-state index contributed by atoms with van der Waals surface area (Å²) in [6.45, 7) is 5.53. The molecule has 1 aliphatic rings. The van der Waals surface area contributed by atoms with E-state index >= 15 is 0 Å². The fourth-order valence-electron chi connectivity index (χ4n) is 2.71. The van der Waals surface area contributed by atoms with Gasteiger partial charge in [-0.05, 0) is 24.6 Å². The van der Waals surface area contributed by atoms with Gasteiger partial charge < -0.3 is 25.8 Å². The zero-order valence-electron chi connectivity index (χ0n) is 19.3. The Bertz CT molecular complexity index is 981. The van der Waals surface area contributed by atoms with Gasteiger partial charge in [-0.15, -0.1) is 6.42 Å². The topological polar surface area (TPSA) is 131 Å². The number of terminal acetylenes is 1. The Morgan fingerprint density at radius 1 is 1.45 bits per heavy atom. The second-order valence-electron chi connectivity index (χ2n) is 6.64. The molecule has 0 bridgehead atoms. The average molecular weight is 460 g/mol.